The molecule has 0 saturated heterocycles. The largest absolute Gasteiger partial charge is 0.493 e. The van der Waals surface area contributed by atoms with Gasteiger partial charge in [0.15, 0.2) is 11.5 Å². The quantitative estimate of drug-likeness (QED) is 0.711. The molecule has 0 aliphatic heterocycles. The molecule has 1 amide bonds. The average Bonchev–Trinajstić information content (AvgIpc) is 2.49. The van der Waals surface area contributed by atoms with Gasteiger partial charge < -0.3 is 24.8 Å². The first-order valence-electron chi connectivity index (χ1n) is 6.41. The molecule has 0 saturated carbocycles. The highest BCUT2D eigenvalue weighted by Crippen LogP contribution is 2.39. The molecule has 0 heterocycles. The van der Waals surface area contributed by atoms with Crippen LogP contribution in [0.5, 0.6) is 17.2 Å². The monoisotopic (exact) mass is 318 g/mol. The smallest absolute Gasteiger partial charge is 0.255 e. The summed E-state index contributed by atoms with van der Waals surface area (Å²) in [7, 11) is 6.41. The second kappa shape index (κ2) is 10.1. The standard InChI is InChI=1S/C14H22N2O4.ClH/c1-15-8-5-9-16-14(17)10-6-7-11(18-2)13(20-4)12(10)19-3;/h6-7,15H,5,8-9H2,1-4H3,(H,16,17);1H. The minimum atomic E-state index is -0.195. The molecule has 1 rings (SSSR count). The highest BCUT2D eigenvalue weighted by Gasteiger charge is 2.20. The molecule has 6 nitrogen and oxygen atoms in total. The Morgan fingerprint density at radius 3 is 2.24 bits per heavy atom. The van der Waals surface area contributed by atoms with Crippen LogP contribution in [0.25, 0.3) is 0 Å². The summed E-state index contributed by atoms with van der Waals surface area (Å²) in [5.74, 6) is 1.12. The topological polar surface area (TPSA) is 68.8 Å². The molecular weight excluding hydrogens is 296 g/mol. The van der Waals surface area contributed by atoms with Gasteiger partial charge in [-0.2, -0.15) is 0 Å². The van der Waals surface area contributed by atoms with Crippen LogP contribution in [0.15, 0.2) is 12.1 Å². The van der Waals surface area contributed by atoms with Crippen LogP contribution in [0.4, 0.5) is 0 Å². The van der Waals surface area contributed by atoms with Gasteiger partial charge in [-0.3, -0.25) is 4.79 Å². The third-order valence-electron chi connectivity index (χ3n) is 2.84. The Morgan fingerprint density at radius 1 is 1.05 bits per heavy atom. The fourth-order valence-corrected chi connectivity index (χ4v) is 1.84. The lowest BCUT2D eigenvalue weighted by molar-refractivity contribution is 0.0949. The number of benzene rings is 1. The zero-order valence-corrected chi connectivity index (χ0v) is 13.6. The van der Waals surface area contributed by atoms with Crippen molar-refractivity contribution in [3.63, 3.8) is 0 Å². The van der Waals surface area contributed by atoms with Crippen LogP contribution < -0.4 is 24.8 Å². The Hall–Kier alpha value is -1.66. The summed E-state index contributed by atoms with van der Waals surface area (Å²) in [6.07, 6.45) is 0.859. The molecular formula is C14H23ClN2O4. The molecule has 1 aromatic carbocycles. The van der Waals surface area contributed by atoms with Gasteiger partial charge in [0.1, 0.15) is 0 Å². The molecule has 0 unspecified atom stereocenters. The van der Waals surface area contributed by atoms with E-state index in [1.807, 2.05) is 7.05 Å². The highest BCUT2D eigenvalue weighted by molar-refractivity contribution is 5.98. The van der Waals surface area contributed by atoms with Crippen LogP contribution in [-0.4, -0.2) is 47.4 Å². The number of carbonyl (C=O) groups is 1. The summed E-state index contributed by atoms with van der Waals surface area (Å²) >= 11 is 0. The van der Waals surface area contributed by atoms with Crippen LogP contribution in [-0.2, 0) is 0 Å². The second-order valence-corrected chi connectivity index (χ2v) is 4.09. The van der Waals surface area contributed by atoms with E-state index >= 15 is 0 Å². The Morgan fingerprint density at radius 2 is 1.71 bits per heavy atom. The third-order valence-corrected chi connectivity index (χ3v) is 2.84. The lowest BCUT2D eigenvalue weighted by atomic mass is 10.1. The molecule has 21 heavy (non-hydrogen) atoms. The molecule has 2 N–H and O–H groups in total. The molecule has 7 heteroatoms. The minimum Gasteiger partial charge on any atom is -0.493 e. The zero-order valence-electron chi connectivity index (χ0n) is 12.8. The summed E-state index contributed by atoms with van der Waals surface area (Å²) in [5.41, 5.74) is 0.426. The number of hydrogen-bond acceptors (Lipinski definition) is 5. The summed E-state index contributed by atoms with van der Waals surface area (Å²) in [5, 5.41) is 5.87. The molecule has 0 aliphatic rings. The number of methoxy groups -OCH3 is 3. The normalized spacial score (nSPS) is 9.52. The number of ether oxygens (including phenoxy) is 3. The summed E-state index contributed by atoms with van der Waals surface area (Å²) in [6, 6.07) is 3.34. The van der Waals surface area contributed by atoms with E-state index in [1.165, 1.54) is 21.3 Å². The Kier molecular flexibility index (Phi) is 9.32. The molecule has 0 spiro atoms. The van der Waals surface area contributed by atoms with Gasteiger partial charge in [0, 0.05) is 6.54 Å². The molecule has 0 aromatic heterocycles. The second-order valence-electron chi connectivity index (χ2n) is 4.09. The number of nitrogens with one attached hydrogen (secondary N) is 2. The van der Waals surface area contributed by atoms with Gasteiger partial charge in [-0.05, 0) is 32.1 Å². The van der Waals surface area contributed by atoms with Gasteiger partial charge in [0.2, 0.25) is 5.75 Å². The molecule has 0 radical (unpaired) electrons. The van der Waals surface area contributed by atoms with E-state index in [9.17, 15) is 4.79 Å². The van der Waals surface area contributed by atoms with E-state index in [2.05, 4.69) is 10.6 Å². The maximum atomic E-state index is 12.1. The highest BCUT2D eigenvalue weighted by atomic mass is 35.5. The van der Waals surface area contributed by atoms with Crippen LogP contribution in [0.2, 0.25) is 0 Å². The van der Waals surface area contributed by atoms with E-state index in [0.717, 1.165) is 13.0 Å². The first kappa shape index (κ1) is 19.3. The molecule has 0 fully saturated rings. The van der Waals surface area contributed by atoms with Gasteiger partial charge in [0.05, 0.1) is 26.9 Å². The van der Waals surface area contributed by atoms with Gasteiger partial charge in [-0.25, -0.2) is 0 Å². The van der Waals surface area contributed by atoms with E-state index in [-0.39, 0.29) is 18.3 Å². The maximum Gasteiger partial charge on any atom is 0.255 e. The van der Waals surface area contributed by atoms with Crippen LogP contribution in [0, 0.1) is 0 Å². The average molecular weight is 319 g/mol. The van der Waals surface area contributed by atoms with Crippen molar-refractivity contribution in [2.24, 2.45) is 0 Å². The maximum absolute atomic E-state index is 12.1. The van der Waals surface area contributed by atoms with Crippen molar-refractivity contribution in [1.29, 1.82) is 0 Å². The molecule has 1 aromatic rings. The lowest BCUT2D eigenvalue weighted by Crippen LogP contribution is -2.27. The van der Waals surface area contributed by atoms with Crippen LogP contribution in [0.1, 0.15) is 16.8 Å². The van der Waals surface area contributed by atoms with Gasteiger partial charge in [0.25, 0.3) is 5.91 Å². The number of rotatable bonds is 8. The third kappa shape index (κ3) is 4.99. The number of halogens is 1. The summed E-state index contributed by atoms with van der Waals surface area (Å²) < 4.78 is 15.7. The van der Waals surface area contributed by atoms with Crippen molar-refractivity contribution in [1.82, 2.24) is 10.6 Å². The predicted molar refractivity (Wildman–Crippen MR) is 84.2 cm³/mol. The molecule has 120 valence electrons. The summed E-state index contributed by atoms with van der Waals surface area (Å²) in [4.78, 5) is 12.1. The fraction of sp³-hybridized carbons (Fsp3) is 0.500. The number of hydrogen-bond donors (Lipinski definition) is 2. The van der Waals surface area contributed by atoms with Crippen LogP contribution >= 0.6 is 12.4 Å². The Bertz CT molecular complexity index is 455. The van der Waals surface area contributed by atoms with Gasteiger partial charge in [-0.15, -0.1) is 12.4 Å². The van der Waals surface area contributed by atoms with E-state index < -0.39 is 0 Å². The lowest BCUT2D eigenvalue weighted by Gasteiger charge is -2.15. The van der Waals surface area contributed by atoms with Crippen LogP contribution in [0.3, 0.4) is 0 Å². The van der Waals surface area contributed by atoms with Crippen molar-refractivity contribution < 1.29 is 19.0 Å². The van der Waals surface area contributed by atoms with Gasteiger partial charge in [-0.1, -0.05) is 0 Å². The van der Waals surface area contributed by atoms with Crippen molar-refractivity contribution in [2.45, 2.75) is 6.42 Å². The Labute approximate surface area is 131 Å². The minimum absolute atomic E-state index is 0. The fourth-order valence-electron chi connectivity index (χ4n) is 1.84. The van der Waals surface area contributed by atoms with E-state index in [4.69, 9.17) is 14.2 Å². The summed E-state index contributed by atoms with van der Waals surface area (Å²) in [6.45, 7) is 1.44. The molecule has 0 bridgehead atoms. The van der Waals surface area contributed by atoms with Crippen molar-refractivity contribution in [2.75, 3.05) is 41.5 Å². The Balaban J connectivity index is 0.00000400. The molecule has 0 aliphatic carbocycles. The van der Waals surface area contributed by atoms with Crippen molar-refractivity contribution in [3.05, 3.63) is 17.7 Å². The van der Waals surface area contributed by atoms with Gasteiger partial charge >= 0.3 is 0 Å². The first-order valence-corrected chi connectivity index (χ1v) is 6.41. The van der Waals surface area contributed by atoms with E-state index in [1.54, 1.807) is 12.1 Å². The van der Waals surface area contributed by atoms with E-state index in [0.29, 0.717) is 29.4 Å². The zero-order chi connectivity index (χ0) is 15.0. The van der Waals surface area contributed by atoms with Crippen molar-refractivity contribution in [3.8, 4) is 17.2 Å². The predicted octanol–water partition coefficient (Wildman–Crippen LogP) is 1.47. The van der Waals surface area contributed by atoms with Crippen molar-refractivity contribution >= 4 is 18.3 Å². The first-order chi connectivity index (χ1) is 9.69. The number of carbonyl (C=O) groups excluding carboxylic acids is 1. The molecule has 0 atom stereocenters. The SMILES string of the molecule is CNCCCNC(=O)c1ccc(OC)c(OC)c1OC.Cl. The number of amides is 1.